The molecule has 2 aromatic carbocycles. The van der Waals surface area contributed by atoms with Gasteiger partial charge in [0.1, 0.15) is 0 Å². The lowest BCUT2D eigenvalue weighted by molar-refractivity contribution is 0.0942. The highest BCUT2D eigenvalue weighted by molar-refractivity contribution is 6.05. The molecule has 27 heavy (non-hydrogen) atoms. The van der Waals surface area contributed by atoms with Gasteiger partial charge in [0.15, 0.2) is 11.5 Å². The molecule has 2 rings (SSSR count). The predicted molar refractivity (Wildman–Crippen MR) is 103 cm³/mol. The van der Waals surface area contributed by atoms with Crippen LogP contribution in [0.1, 0.15) is 34.6 Å². The van der Waals surface area contributed by atoms with E-state index in [1.165, 1.54) is 21.3 Å². The Hall–Kier alpha value is -3.22. The van der Waals surface area contributed by atoms with E-state index in [1.54, 1.807) is 36.4 Å². The summed E-state index contributed by atoms with van der Waals surface area (Å²) in [4.78, 5) is 24.5. The molecule has 0 aliphatic carbocycles. The number of hydrogen-bond donors (Lipinski definition) is 2. The van der Waals surface area contributed by atoms with Crippen LogP contribution in [-0.4, -0.2) is 39.2 Å². The van der Waals surface area contributed by atoms with Crippen LogP contribution in [0.4, 0.5) is 5.69 Å². The molecule has 2 amide bonds. The highest BCUT2D eigenvalue weighted by Gasteiger charge is 2.17. The maximum Gasteiger partial charge on any atom is 0.255 e. The Kier molecular flexibility index (Phi) is 6.65. The van der Waals surface area contributed by atoms with Gasteiger partial charge in [0.25, 0.3) is 11.8 Å². The molecule has 0 atom stereocenters. The molecule has 0 spiro atoms. The maximum absolute atomic E-state index is 12.6. The van der Waals surface area contributed by atoms with Gasteiger partial charge in [0, 0.05) is 22.9 Å². The smallest absolute Gasteiger partial charge is 0.255 e. The Morgan fingerprint density at radius 2 is 1.37 bits per heavy atom. The summed E-state index contributed by atoms with van der Waals surface area (Å²) in [5.74, 6) is 0.698. The number of ether oxygens (including phenoxy) is 3. The van der Waals surface area contributed by atoms with Gasteiger partial charge < -0.3 is 24.8 Å². The molecular formula is C20H24N2O5. The van der Waals surface area contributed by atoms with Crippen molar-refractivity contribution in [1.82, 2.24) is 5.32 Å². The Balaban J connectivity index is 2.18. The molecule has 0 aliphatic rings. The fourth-order valence-electron chi connectivity index (χ4n) is 2.47. The first-order valence-corrected chi connectivity index (χ1v) is 8.41. The molecule has 0 unspecified atom stereocenters. The van der Waals surface area contributed by atoms with Crippen molar-refractivity contribution in [3.05, 3.63) is 47.5 Å². The van der Waals surface area contributed by atoms with Crippen molar-refractivity contribution in [3.63, 3.8) is 0 Å². The summed E-state index contributed by atoms with van der Waals surface area (Å²) in [6, 6.07) is 9.85. The molecule has 7 nitrogen and oxygen atoms in total. The second-order valence-corrected chi connectivity index (χ2v) is 6.07. The summed E-state index contributed by atoms with van der Waals surface area (Å²) < 4.78 is 15.8. The third-order valence-electron chi connectivity index (χ3n) is 3.75. The molecular weight excluding hydrogens is 348 g/mol. The van der Waals surface area contributed by atoms with E-state index >= 15 is 0 Å². The SMILES string of the molecule is COc1cc(C(=O)Nc2ccc(C(=O)NC(C)C)cc2)cc(OC)c1OC. The zero-order valence-electron chi connectivity index (χ0n) is 16.1. The topological polar surface area (TPSA) is 85.9 Å². The molecule has 0 heterocycles. The molecule has 0 saturated carbocycles. The number of hydrogen-bond acceptors (Lipinski definition) is 5. The minimum absolute atomic E-state index is 0.0527. The van der Waals surface area contributed by atoms with Crippen molar-refractivity contribution >= 4 is 17.5 Å². The zero-order valence-corrected chi connectivity index (χ0v) is 16.1. The summed E-state index contributed by atoms with van der Waals surface area (Å²) in [6.07, 6.45) is 0. The summed E-state index contributed by atoms with van der Waals surface area (Å²) in [6.45, 7) is 3.79. The van der Waals surface area contributed by atoms with E-state index in [2.05, 4.69) is 10.6 Å². The third kappa shape index (κ3) is 4.91. The molecule has 2 N–H and O–H groups in total. The Labute approximate surface area is 158 Å². The first-order chi connectivity index (χ1) is 12.9. The van der Waals surface area contributed by atoms with Gasteiger partial charge in [-0.1, -0.05) is 0 Å². The van der Waals surface area contributed by atoms with Crippen molar-refractivity contribution in [2.45, 2.75) is 19.9 Å². The normalized spacial score (nSPS) is 10.3. The third-order valence-corrected chi connectivity index (χ3v) is 3.75. The van der Waals surface area contributed by atoms with Crippen molar-refractivity contribution in [2.24, 2.45) is 0 Å². The second kappa shape index (κ2) is 8.93. The quantitative estimate of drug-likeness (QED) is 0.780. The summed E-state index contributed by atoms with van der Waals surface area (Å²) in [5, 5.41) is 5.60. The lowest BCUT2D eigenvalue weighted by Crippen LogP contribution is -2.30. The van der Waals surface area contributed by atoms with E-state index in [0.717, 1.165) is 0 Å². The van der Waals surface area contributed by atoms with Gasteiger partial charge in [0.05, 0.1) is 21.3 Å². The maximum atomic E-state index is 12.6. The van der Waals surface area contributed by atoms with Crippen LogP contribution < -0.4 is 24.8 Å². The van der Waals surface area contributed by atoms with E-state index in [0.29, 0.717) is 34.1 Å². The molecule has 0 radical (unpaired) electrons. The summed E-state index contributed by atoms with van der Waals surface area (Å²) >= 11 is 0. The lowest BCUT2D eigenvalue weighted by atomic mass is 10.1. The van der Waals surface area contributed by atoms with E-state index in [1.807, 2.05) is 13.8 Å². The minimum Gasteiger partial charge on any atom is -0.493 e. The van der Waals surface area contributed by atoms with Crippen LogP contribution >= 0.6 is 0 Å². The molecule has 0 saturated heterocycles. The Morgan fingerprint density at radius 3 is 1.81 bits per heavy atom. The number of benzene rings is 2. The van der Waals surface area contributed by atoms with Crippen molar-refractivity contribution in [2.75, 3.05) is 26.6 Å². The van der Waals surface area contributed by atoms with E-state index in [-0.39, 0.29) is 17.9 Å². The highest BCUT2D eigenvalue weighted by atomic mass is 16.5. The number of anilines is 1. The summed E-state index contributed by atoms with van der Waals surface area (Å²) in [7, 11) is 4.47. The van der Waals surface area contributed by atoms with Crippen LogP contribution in [0.5, 0.6) is 17.2 Å². The van der Waals surface area contributed by atoms with Gasteiger partial charge in [-0.15, -0.1) is 0 Å². The molecule has 144 valence electrons. The number of methoxy groups -OCH3 is 3. The first kappa shape index (κ1) is 20.1. The standard InChI is InChI=1S/C20H24N2O5/c1-12(2)21-19(23)13-6-8-15(9-7-13)22-20(24)14-10-16(25-3)18(27-5)17(11-14)26-4/h6-12H,1-5H3,(H,21,23)(H,22,24). The average molecular weight is 372 g/mol. The lowest BCUT2D eigenvalue weighted by Gasteiger charge is -2.14. The fourth-order valence-corrected chi connectivity index (χ4v) is 2.47. The van der Waals surface area contributed by atoms with Crippen LogP contribution in [0.15, 0.2) is 36.4 Å². The number of carbonyl (C=O) groups excluding carboxylic acids is 2. The van der Waals surface area contributed by atoms with Gasteiger partial charge in [-0.2, -0.15) is 0 Å². The van der Waals surface area contributed by atoms with E-state index in [9.17, 15) is 9.59 Å². The van der Waals surface area contributed by atoms with Crippen LogP contribution in [0.25, 0.3) is 0 Å². The number of carbonyl (C=O) groups is 2. The predicted octanol–water partition coefficient (Wildman–Crippen LogP) is 3.10. The van der Waals surface area contributed by atoms with Gasteiger partial charge in [0.2, 0.25) is 5.75 Å². The Morgan fingerprint density at radius 1 is 0.815 bits per heavy atom. The molecule has 0 bridgehead atoms. The fraction of sp³-hybridized carbons (Fsp3) is 0.300. The second-order valence-electron chi connectivity index (χ2n) is 6.07. The molecule has 0 aromatic heterocycles. The van der Waals surface area contributed by atoms with Crippen molar-refractivity contribution in [3.8, 4) is 17.2 Å². The largest absolute Gasteiger partial charge is 0.493 e. The summed E-state index contributed by atoms with van der Waals surface area (Å²) in [5.41, 5.74) is 1.44. The monoisotopic (exact) mass is 372 g/mol. The molecule has 0 fully saturated rings. The van der Waals surface area contributed by atoms with Crippen LogP contribution in [0.2, 0.25) is 0 Å². The van der Waals surface area contributed by atoms with Crippen LogP contribution in [0.3, 0.4) is 0 Å². The molecule has 0 aliphatic heterocycles. The van der Waals surface area contributed by atoms with Gasteiger partial charge >= 0.3 is 0 Å². The van der Waals surface area contributed by atoms with Gasteiger partial charge in [-0.05, 0) is 50.2 Å². The zero-order chi connectivity index (χ0) is 20.0. The van der Waals surface area contributed by atoms with E-state index in [4.69, 9.17) is 14.2 Å². The van der Waals surface area contributed by atoms with Crippen molar-refractivity contribution in [1.29, 1.82) is 0 Å². The highest BCUT2D eigenvalue weighted by Crippen LogP contribution is 2.38. The van der Waals surface area contributed by atoms with Gasteiger partial charge in [-0.3, -0.25) is 9.59 Å². The number of amides is 2. The number of rotatable bonds is 7. The minimum atomic E-state index is -0.339. The van der Waals surface area contributed by atoms with E-state index < -0.39 is 0 Å². The van der Waals surface area contributed by atoms with Crippen LogP contribution in [-0.2, 0) is 0 Å². The van der Waals surface area contributed by atoms with Crippen LogP contribution in [0, 0.1) is 0 Å². The first-order valence-electron chi connectivity index (χ1n) is 8.41. The van der Waals surface area contributed by atoms with Gasteiger partial charge in [-0.25, -0.2) is 0 Å². The van der Waals surface area contributed by atoms with Crippen molar-refractivity contribution < 1.29 is 23.8 Å². The molecule has 7 heteroatoms. The Bertz CT molecular complexity index is 791. The number of nitrogens with one attached hydrogen (secondary N) is 2. The average Bonchev–Trinajstić information content (AvgIpc) is 2.66. The molecule has 2 aromatic rings.